The number of nitrogens with one attached hydrogen (secondary N) is 1. The second kappa shape index (κ2) is 6.06. The zero-order valence-electron chi connectivity index (χ0n) is 12.1. The molecule has 0 spiro atoms. The summed E-state index contributed by atoms with van der Waals surface area (Å²) in [6, 6.07) is 10.8. The van der Waals surface area contributed by atoms with Gasteiger partial charge < -0.3 is 10.4 Å². The van der Waals surface area contributed by atoms with E-state index in [1.807, 2.05) is 32.0 Å². The van der Waals surface area contributed by atoms with Crippen LogP contribution < -0.4 is 5.32 Å². The SMILES string of the molecule is Cc1ccc(O)c(CNC(C)c2ccc(C)c(F)c2)c1. The van der Waals surface area contributed by atoms with Crippen molar-refractivity contribution in [1.82, 2.24) is 5.32 Å². The van der Waals surface area contributed by atoms with Gasteiger partial charge in [-0.3, -0.25) is 0 Å². The maximum absolute atomic E-state index is 13.6. The monoisotopic (exact) mass is 273 g/mol. The van der Waals surface area contributed by atoms with Crippen LogP contribution in [0.2, 0.25) is 0 Å². The van der Waals surface area contributed by atoms with Crippen molar-refractivity contribution in [2.45, 2.75) is 33.4 Å². The Morgan fingerprint density at radius 3 is 2.60 bits per heavy atom. The molecule has 2 nitrogen and oxygen atoms in total. The zero-order chi connectivity index (χ0) is 14.7. The Labute approximate surface area is 119 Å². The minimum atomic E-state index is -0.186. The number of halogens is 1. The van der Waals surface area contributed by atoms with Gasteiger partial charge >= 0.3 is 0 Å². The number of benzene rings is 2. The molecular weight excluding hydrogens is 253 g/mol. The van der Waals surface area contributed by atoms with Crippen LogP contribution in [0.4, 0.5) is 4.39 Å². The van der Waals surface area contributed by atoms with Crippen molar-refractivity contribution in [1.29, 1.82) is 0 Å². The number of hydrogen-bond acceptors (Lipinski definition) is 2. The molecule has 3 heteroatoms. The summed E-state index contributed by atoms with van der Waals surface area (Å²) in [5.41, 5.74) is 3.51. The molecule has 0 fully saturated rings. The topological polar surface area (TPSA) is 32.3 Å². The fourth-order valence-corrected chi connectivity index (χ4v) is 2.12. The van der Waals surface area contributed by atoms with E-state index in [9.17, 15) is 9.50 Å². The van der Waals surface area contributed by atoms with Crippen molar-refractivity contribution in [2.75, 3.05) is 0 Å². The summed E-state index contributed by atoms with van der Waals surface area (Å²) in [4.78, 5) is 0. The Hall–Kier alpha value is -1.87. The summed E-state index contributed by atoms with van der Waals surface area (Å²) >= 11 is 0. The zero-order valence-corrected chi connectivity index (χ0v) is 12.1. The van der Waals surface area contributed by atoms with E-state index in [-0.39, 0.29) is 17.6 Å². The quantitative estimate of drug-likeness (QED) is 0.882. The first-order chi connectivity index (χ1) is 9.47. The standard InChI is InChI=1S/C17H20FNO/c1-11-4-7-17(20)15(8-11)10-19-13(3)14-6-5-12(2)16(18)9-14/h4-9,13,19-20H,10H2,1-3H3. The van der Waals surface area contributed by atoms with Gasteiger partial charge in [0.15, 0.2) is 0 Å². The smallest absolute Gasteiger partial charge is 0.126 e. The lowest BCUT2D eigenvalue weighted by Crippen LogP contribution is -2.18. The van der Waals surface area contributed by atoms with Gasteiger partial charge in [-0.25, -0.2) is 4.39 Å². The number of rotatable bonds is 4. The van der Waals surface area contributed by atoms with Gasteiger partial charge in [0.2, 0.25) is 0 Å². The van der Waals surface area contributed by atoms with Crippen molar-refractivity contribution in [3.63, 3.8) is 0 Å². The van der Waals surface area contributed by atoms with Crippen molar-refractivity contribution < 1.29 is 9.50 Å². The van der Waals surface area contributed by atoms with Gasteiger partial charge in [0.05, 0.1) is 0 Å². The third-order valence-electron chi connectivity index (χ3n) is 3.53. The summed E-state index contributed by atoms with van der Waals surface area (Å²) in [6.07, 6.45) is 0. The highest BCUT2D eigenvalue weighted by atomic mass is 19.1. The van der Waals surface area contributed by atoms with Gasteiger partial charge in [-0.1, -0.05) is 29.8 Å². The first kappa shape index (κ1) is 14.5. The Bertz CT molecular complexity index is 610. The van der Waals surface area contributed by atoms with E-state index in [0.717, 1.165) is 16.7 Å². The van der Waals surface area contributed by atoms with Crippen molar-refractivity contribution in [3.05, 3.63) is 64.5 Å². The largest absolute Gasteiger partial charge is 0.508 e. The molecule has 106 valence electrons. The molecule has 0 radical (unpaired) electrons. The summed E-state index contributed by atoms with van der Waals surface area (Å²) in [5.74, 6) is 0.0972. The fraction of sp³-hybridized carbons (Fsp3) is 0.294. The van der Waals surface area contributed by atoms with E-state index in [1.54, 1.807) is 25.1 Å². The van der Waals surface area contributed by atoms with Crippen LogP contribution in [0.5, 0.6) is 5.75 Å². The summed E-state index contributed by atoms with van der Waals surface area (Å²) in [6.45, 7) is 6.27. The molecule has 0 aromatic heterocycles. The molecule has 0 heterocycles. The molecule has 2 rings (SSSR count). The van der Waals surface area contributed by atoms with Crippen LogP contribution in [-0.4, -0.2) is 5.11 Å². The minimum absolute atomic E-state index is 0.0185. The molecule has 1 atom stereocenters. The molecule has 0 aliphatic rings. The second-order valence-corrected chi connectivity index (χ2v) is 5.24. The van der Waals surface area contributed by atoms with E-state index in [2.05, 4.69) is 5.32 Å². The lowest BCUT2D eigenvalue weighted by molar-refractivity contribution is 0.460. The van der Waals surface area contributed by atoms with Crippen molar-refractivity contribution >= 4 is 0 Å². The number of phenols is 1. The van der Waals surface area contributed by atoms with Gasteiger partial charge in [0.25, 0.3) is 0 Å². The van der Waals surface area contributed by atoms with E-state index >= 15 is 0 Å². The van der Waals surface area contributed by atoms with Crippen LogP contribution in [0.1, 0.15) is 35.2 Å². The van der Waals surface area contributed by atoms with Crippen LogP contribution >= 0.6 is 0 Å². The molecule has 2 N–H and O–H groups in total. The number of aryl methyl sites for hydroxylation is 2. The molecule has 0 saturated heterocycles. The van der Waals surface area contributed by atoms with Crippen molar-refractivity contribution in [2.24, 2.45) is 0 Å². The van der Waals surface area contributed by atoms with Gasteiger partial charge in [-0.2, -0.15) is 0 Å². The summed E-state index contributed by atoms with van der Waals surface area (Å²) < 4.78 is 13.6. The van der Waals surface area contributed by atoms with E-state index in [4.69, 9.17) is 0 Å². The number of phenolic OH excluding ortho intramolecular Hbond substituents is 1. The van der Waals surface area contributed by atoms with E-state index < -0.39 is 0 Å². The van der Waals surface area contributed by atoms with Crippen LogP contribution in [0.25, 0.3) is 0 Å². The third kappa shape index (κ3) is 3.36. The molecule has 0 aliphatic carbocycles. The van der Waals surface area contributed by atoms with Crippen LogP contribution in [0.15, 0.2) is 36.4 Å². The van der Waals surface area contributed by atoms with Crippen molar-refractivity contribution in [3.8, 4) is 5.75 Å². The normalized spacial score (nSPS) is 12.4. The van der Waals surface area contributed by atoms with Gasteiger partial charge in [-0.15, -0.1) is 0 Å². The second-order valence-electron chi connectivity index (χ2n) is 5.24. The highest BCUT2D eigenvalue weighted by Crippen LogP contribution is 2.20. The highest BCUT2D eigenvalue weighted by Gasteiger charge is 2.09. The molecule has 2 aromatic rings. The molecule has 1 unspecified atom stereocenters. The Kier molecular flexibility index (Phi) is 4.40. The molecule has 0 bridgehead atoms. The predicted molar refractivity (Wildman–Crippen MR) is 79.2 cm³/mol. The Morgan fingerprint density at radius 2 is 1.90 bits per heavy atom. The minimum Gasteiger partial charge on any atom is -0.508 e. The first-order valence-corrected chi connectivity index (χ1v) is 6.75. The highest BCUT2D eigenvalue weighted by molar-refractivity contribution is 5.35. The number of aromatic hydroxyl groups is 1. The fourth-order valence-electron chi connectivity index (χ4n) is 2.12. The van der Waals surface area contributed by atoms with Crippen LogP contribution in [0, 0.1) is 19.7 Å². The molecular formula is C17H20FNO. The third-order valence-corrected chi connectivity index (χ3v) is 3.53. The van der Waals surface area contributed by atoms with Gasteiger partial charge in [0.1, 0.15) is 11.6 Å². The molecule has 20 heavy (non-hydrogen) atoms. The summed E-state index contributed by atoms with van der Waals surface area (Å²) in [7, 11) is 0. The first-order valence-electron chi connectivity index (χ1n) is 6.75. The van der Waals surface area contributed by atoms with E-state index in [1.165, 1.54) is 0 Å². The lowest BCUT2D eigenvalue weighted by Gasteiger charge is -2.16. The van der Waals surface area contributed by atoms with E-state index in [0.29, 0.717) is 12.1 Å². The molecule has 0 saturated carbocycles. The van der Waals surface area contributed by atoms with Crippen LogP contribution in [0.3, 0.4) is 0 Å². The Balaban J connectivity index is 2.06. The number of hydrogen-bond donors (Lipinski definition) is 2. The predicted octanol–water partition coefficient (Wildman–Crippen LogP) is 4.00. The lowest BCUT2D eigenvalue weighted by atomic mass is 10.1. The molecule has 2 aromatic carbocycles. The molecule has 0 aliphatic heterocycles. The molecule has 0 amide bonds. The maximum atomic E-state index is 13.6. The average molecular weight is 273 g/mol. The summed E-state index contributed by atoms with van der Waals surface area (Å²) in [5, 5.41) is 13.1. The van der Waals surface area contributed by atoms with Gasteiger partial charge in [-0.05, 0) is 44.0 Å². The van der Waals surface area contributed by atoms with Crippen LogP contribution in [-0.2, 0) is 6.54 Å². The Morgan fingerprint density at radius 1 is 1.15 bits per heavy atom. The van der Waals surface area contributed by atoms with Gasteiger partial charge in [0, 0.05) is 18.2 Å². The average Bonchev–Trinajstić information content (AvgIpc) is 2.42. The maximum Gasteiger partial charge on any atom is 0.126 e.